The lowest BCUT2D eigenvalue weighted by atomic mass is 10.0. The first-order valence-electron chi connectivity index (χ1n) is 26.7. The van der Waals surface area contributed by atoms with Gasteiger partial charge in [0.05, 0.1) is 0 Å². The summed E-state index contributed by atoms with van der Waals surface area (Å²) in [7, 11) is 0. The Kier molecular flexibility index (Phi) is 49.4. The Morgan fingerprint density at radius 2 is 0.641 bits per heavy atom. The molecule has 0 aromatic rings. The van der Waals surface area contributed by atoms with Gasteiger partial charge in [0.25, 0.3) is 0 Å². The highest BCUT2D eigenvalue weighted by molar-refractivity contribution is 5.71. The van der Waals surface area contributed by atoms with Crippen molar-refractivity contribution in [3.05, 3.63) is 85.1 Å². The van der Waals surface area contributed by atoms with Gasteiger partial charge in [-0.25, -0.2) is 0 Å². The highest BCUT2D eigenvalue weighted by Gasteiger charge is 2.19. The molecule has 6 heteroatoms. The summed E-state index contributed by atoms with van der Waals surface area (Å²) in [6.07, 6.45) is 67.1. The number of allylic oxidation sites excluding steroid dienone is 14. The molecule has 0 aliphatic heterocycles. The smallest absolute Gasteiger partial charge is 0.306 e. The molecular weight excluding hydrogens is 793 g/mol. The minimum Gasteiger partial charge on any atom is -0.462 e. The topological polar surface area (TPSA) is 78.9 Å². The Hall–Kier alpha value is -3.41. The van der Waals surface area contributed by atoms with Crippen LogP contribution in [0.4, 0.5) is 0 Å². The van der Waals surface area contributed by atoms with Gasteiger partial charge in [-0.3, -0.25) is 14.4 Å². The first kappa shape index (κ1) is 60.6. The van der Waals surface area contributed by atoms with Gasteiger partial charge in [-0.1, -0.05) is 254 Å². The molecule has 1 unspecified atom stereocenters. The average Bonchev–Trinajstić information content (AvgIpc) is 3.29. The van der Waals surface area contributed by atoms with E-state index in [1.54, 1.807) is 0 Å². The van der Waals surface area contributed by atoms with E-state index < -0.39 is 6.10 Å². The fraction of sp³-hybridized carbons (Fsp3) is 0.707. The van der Waals surface area contributed by atoms with E-state index in [9.17, 15) is 14.4 Å². The zero-order chi connectivity index (χ0) is 46.5. The van der Waals surface area contributed by atoms with Gasteiger partial charge in [-0.2, -0.15) is 0 Å². The number of ether oxygens (including phenoxy) is 3. The molecule has 0 saturated heterocycles. The SMILES string of the molecule is CC\C=C/C=C\C=C/C=C\C=C\C=C/CCCCCC(=O)OC(COC(=O)CCCCCCC/C=C\CCCC)COC(=O)CCCCCCCCCCCCCCCCCCCC. The van der Waals surface area contributed by atoms with Crippen molar-refractivity contribution in [1.29, 1.82) is 0 Å². The molecule has 6 nitrogen and oxygen atoms in total. The third kappa shape index (κ3) is 49.6. The highest BCUT2D eigenvalue weighted by atomic mass is 16.6. The Labute approximate surface area is 395 Å². The minimum atomic E-state index is -0.801. The molecule has 0 saturated carbocycles. The molecular formula is C58H98O6. The normalized spacial score (nSPS) is 12.7. The summed E-state index contributed by atoms with van der Waals surface area (Å²) in [6, 6.07) is 0. The third-order valence-electron chi connectivity index (χ3n) is 11.3. The molecule has 0 spiro atoms. The van der Waals surface area contributed by atoms with Crippen molar-refractivity contribution in [1.82, 2.24) is 0 Å². The summed E-state index contributed by atoms with van der Waals surface area (Å²) in [6.45, 7) is 6.42. The van der Waals surface area contributed by atoms with Crippen LogP contribution >= 0.6 is 0 Å². The van der Waals surface area contributed by atoms with Gasteiger partial charge < -0.3 is 14.2 Å². The molecule has 0 rings (SSSR count). The molecule has 366 valence electrons. The van der Waals surface area contributed by atoms with E-state index in [0.29, 0.717) is 19.3 Å². The molecule has 0 aromatic carbocycles. The molecule has 0 heterocycles. The number of unbranched alkanes of at least 4 members (excludes halogenated alkanes) is 27. The lowest BCUT2D eigenvalue weighted by molar-refractivity contribution is -0.167. The molecule has 0 aliphatic carbocycles. The van der Waals surface area contributed by atoms with E-state index in [2.05, 4.69) is 45.1 Å². The van der Waals surface area contributed by atoms with E-state index in [1.807, 2.05) is 60.8 Å². The van der Waals surface area contributed by atoms with Gasteiger partial charge in [0.2, 0.25) is 0 Å². The van der Waals surface area contributed by atoms with E-state index in [-0.39, 0.29) is 37.5 Å². The van der Waals surface area contributed by atoms with Gasteiger partial charge in [0.1, 0.15) is 13.2 Å². The quantitative estimate of drug-likeness (QED) is 0.0199. The van der Waals surface area contributed by atoms with Crippen molar-refractivity contribution >= 4 is 17.9 Å². The van der Waals surface area contributed by atoms with Crippen LogP contribution in [0.5, 0.6) is 0 Å². The highest BCUT2D eigenvalue weighted by Crippen LogP contribution is 2.16. The summed E-state index contributed by atoms with van der Waals surface area (Å²) >= 11 is 0. The summed E-state index contributed by atoms with van der Waals surface area (Å²) in [5.41, 5.74) is 0. The first-order chi connectivity index (χ1) is 31.5. The number of hydrogen-bond donors (Lipinski definition) is 0. The average molecular weight is 891 g/mol. The van der Waals surface area contributed by atoms with E-state index in [0.717, 1.165) is 77.0 Å². The van der Waals surface area contributed by atoms with Crippen LogP contribution < -0.4 is 0 Å². The van der Waals surface area contributed by atoms with Crippen molar-refractivity contribution in [3.63, 3.8) is 0 Å². The van der Waals surface area contributed by atoms with Crippen LogP contribution in [0.15, 0.2) is 85.1 Å². The maximum absolute atomic E-state index is 12.8. The van der Waals surface area contributed by atoms with Crippen LogP contribution in [0.2, 0.25) is 0 Å². The van der Waals surface area contributed by atoms with Gasteiger partial charge in [0.15, 0.2) is 6.10 Å². The van der Waals surface area contributed by atoms with E-state index >= 15 is 0 Å². The van der Waals surface area contributed by atoms with Gasteiger partial charge in [-0.05, 0) is 57.8 Å². The second-order valence-corrected chi connectivity index (χ2v) is 17.6. The van der Waals surface area contributed by atoms with Crippen molar-refractivity contribution in [2.45, 2.75) is 252 Å². The largest absolute Gasteiger partial charge is 0.462 e. The standard InChI is InChI=1S/C58H98O6/c1-4-7-10-13-16-19-22-24-26-28-30-31-33-36-39-42-45-48-51-57(60)63-54-55(53-62-56(59)50-47-44-41-38-35-21-18-15-12-9-6-3)64-58(61)52-49-46-43-40-37-34-32-29-27-25-23-20-17-14-11-8-5-2/h8,11,14-15,17-18,20,23,25,27,29,32,34,37,55H,4-7,9-10,12-13,16,19,21-22,24,26,28,30-31,33,35-36,38-54H2,1-3H3/b11-8-,17-14-,18-15-,23-20-,27-25-,32-29+,37-34-. The molecule has 0 bridgehead atoms. The van der Waals surface area contributed by atoms with Crippen molar-refractivity contribution in [2.24, 2.45) is 0 Å². The van der Waals surface area contributed by atoms with Crippen LogP contribution in [0.1, 0.15) is 245 Å². The fourth-order valence-corrected chi connectivity index (χ4v) is 7.28. The second kappa shape index (κ2) is 52.2. The predicted molar refractivity (Wildman–Crippen MR) is 274 cm³/mol. The van der Waals surface area contributed by atoms with Crippen LogP contribution in [-0.4, -0.2) is 37.2 Å². The minimum absolute atomic E-state index is 0.0960. The summed E-state index contributed by atoms with van der Waals surface area (Å²) in [4.78, 5) is 38.0. The molecule has 0 aromatic heterocycles. The van der Waals surface area contributed by atoms with Gasteiger partial charge >= 0.3 is 17.9 Å². The Balaban J connectivity index is 4.43. The molecule has 0 aliphatic rings. The summed E-state index contributed by atoms with van der Waals surface area (Å²) in [5, 5.41) is 0. The first-order valence-corrected chi connectivity index (χ1v) is 26.7. The third-order valence-corrected chi connectivity index (χ3v) is 11.3. The lowest BCUT2D eigenvalue weighted by Gasteiger charge is -2.18. The maximum atomic E-state index is 12.8. The van der Waals surface area contributed by atoms with Crippen molar-refractivity contribution in [2.75, 3.05) is 13.2 Å². The van der Waals surface area contributed by atoms with Crippen LogP contribution in [0, 0.1) is 0 Å². The molecule has 0 amide bonds. The maximum Gasteiger partial charge on any atom is 0.306 e. The van der Waals surface area contributed by atoms with Crippen LogP contribution in [0.25, 0.3) is 0 Å². The zero-order valence-corrected chi connectivity index (χ0v) is 41.8. The molecule has 0 radical (unpaired) electrons. The molecule has 0 fully saturated rings. The van der Waals surface area contributed by atoms with Crippen molar-refractivity contribution < 1.29 is 28.6 Å². The van der Waals surface area contributed by atoms with E-state index in [1.165, 1.54) is 122 Å². The monoisotopic (exact) mass is 891 g/mol. The Morgan fingerprint density at radius 1 is 0.328 bits per heavy atom. The number of carbonyl (C=O) groups excluding carboxylic acids is 3. The Bertz CT molecular complexity index is 1250. The number of carbonyl (C=O) groups is 3. The summed E-state index contributed by atoms with van der Waals surface area (Å²) in [5.74, 6) is -0.947. The molecule has 1 atom stereocenters. The Morgan fingerprint density at radius 3 is 1.06 bits per heavy atom. The van der Waals surface area contributed by atoms with Crippen LogP contribution in [-0.2, 0) is 28.6 Å². The number of rotatable bonds is 47. The van der Waals surface area contributed by atoms with Crippen LogP contribution in [0.3, 0.4) is 0 Å². The van der Waals surface area contributed by atoms with Crippen molar-refractivity contribution in [3.8, 4) is 0 Å². The number of hydrogen-bond acceptors (Lipinski definition) is 6. The summed E-state index contributed by atoms with van der Waals surface area (Å²) < 4.78 is 16.8. The lowest BCUT2D eigenvalue weighted by Crippen LogP contribution is -2.30. The predicted octanol–water partition coefficient (Wildman–Crippen LogP) is 17.6. The molecule has 64 heavy (non-hydrogen) atoms. The van der Waals surface area contributed by atoms with Gasteiger partial charge in [-0.15, -0.1) is 0 Å². The number of esters is 3. The van der Waals surface area contributed by atoms with E-state index in [4.69, 9.17) is 14.2 Å². The molecule has 0 N–H and O–H groups in total. The second-order valence-electron chi connectivity index (χ2n) is 17.6. The van der Waals surface area contributed by atoms with Gasteiger partial charge in [0, 0.05) is 19.3 Å². The fourth-order valence-electron chi connectivity index (χ4n) is 7.28. The zero-order valence-electron chi connectivity index (χ0n) is 41.8.